The monoisotopic (exact) mass is 237 g/mol. The average molecular weight is 237 g/mol. The van der Waals surface area contributed by atoms with E-state index in [1.54, 1.807) is 6.92 Å². The highest BCUT2D eigenvalue weighted by atomic mass is 16.6. The van der Waals surface area contributed by atoms with Crippen LogP contribution in [0, 0.1) is 6.92 Å². The molecule has 0 aliphatic carbocycles. The minimum Gasteiger partial charge on any atom is -0.482 e. The second-order valence-corrected chi connectivity index (χ2v) is 3.92. The summed E-state index contributed by atoms with van der Waals surface area (Å²) in [5, 5.41) is 0. The fourth-order valence-electron chi connectivity index (χ4n) is 1.48. The maximum absolute atomic E-state index is 11.2. The number of benzene rings is 1. The number of carbonyl (C=O) groups is 1. The van der Waals surface area contributed by atoms with Crippen LogP contribution in [0.1, 0.15) is 31.0 Å². The van der Waals surface area contributed by atoms with Crippen molar-refractivity contribution in [2.75, 3.05) is 13.2 Å². The van der Waals surface area contributed by atoms with E-state index in [0.29, 0.717) is 12.4 Å². The maximum atomic E-state index is 11.2. The largest absolute Gasteiger partial charge is 0.482 e. The maximum Gasteiger partial charge on any atom is 0.344 e. The molecule has 17 heavy (non-hydrogen) atoms. The van der Waals surface area contributed by atoms with E-state index in [2.05, 4.69) is 0 Å². The summed E-state index contributed by atoms with van der Waals surface area (Å²) in [6.45, 7) is 5.87. The summed E-state index contributed by atoms with van der Waals surface area (Å²) in [5.41, 5.74) is 7.79. The van der Waals surface area contributed by atoms with Gasteiger partial charge < -0.3 is 15.2 Å². The number of hydrogen-bond acceptors (Lipinski definition) is 4. The quantitative estimate of drug-likeness (QED) is 0.795. The van der Waals surface area contributed by atoms with Gasteiger partial charge in [0.05, 0.1) is 6.61 Å². The highest BCUT2D eigenvalue weighted by Gasteiger charge is 2.10. The molecule has 0 saturated heterocycles. The second kappa shape index (κ2) is 6.25. The van der Waals surface area contributed by atoms with E-state index in [1.807, 2.05) is 32.0 Å². The fourth-order valence-corrected chi connectivity index (χ4v) is 1.48. The first-order valence-corrected chi connectivity index (χ1v) is 5.69. The number of hydrogen-bond donors (Lipinski definition) is 1. The lowest BCUT2D eigenvalue weighted by atomic mass is 10.1. The fraction of sp³-hybridized carbons (Fsp3) is 0.462. The van der Waals surface area contributed by atoms with Gasteiger partial charge in [-0.15, -0.1) is 0 Å². The molecule has 0 radical (unpaired) electrons. The molecule has 4 nitrogen and oxygen atoms in total. The molecule has 0 spiro atoms. The van der Waals surface area contributed by atoms with Crippen LogP contribution in [-0.2, 0) is 9.53 Å². The average Bonchev–Trinajstić information content (AvgIpc) is 2.26. The summed E-state index contributed by atoms with van der Waals surface area (Å²) in [6.07, 6.45) is 0. The first-order chi connectivity index (χ1) is 8.04. The molecule has 1 rings (SSSR count). The van der Waals surface area contributed by atoms with E-state index >= 15 is 0 Å². The van der Waals surface area contributed by atoms with Gasteiger partial charge in [-0.2, -0.15) is 0 Å². The zero-order chi connectivity index (χ0) is 12.8. The SMILES string of the molecule is CCOC(=O)COc1cc(C)ccc1[C@@H](C)N. The second-order valence-electron chi connectivity index (χ2n) is 3.92. The number of carbonyl (C=O) groups excluding carboxylic acids is 1. The molecule has 0 aliphatic rings. The molecule has 0 fully saturated rings. The Balaban J connectivity index is 2.75. The smallest absolute Gasteiger partial charge is 0.344 e. The lowest BCUT2D eigenvalue weighted by molar-refractivity contribution is -0.145. The van der Waals surface area contributed by atoms with Crippen LogP contribution < -0.4 is 10.5 Å². The first kappa shape index (κ1) is 13.5. The Morgan fingerprint density at radius 2 is 2.18 bits per heavy atom. The topological polar surface area (TPSA) is 61.5 Å². The molecular weight excluding hydrogens is 218 g/mol. The van der Waals surface area contributed by atoms with Gasteiger partial charge in [0.15, 0.2) is 6.61 Å². The van der Waals surface area contributed by atoms with Crippen LogP contribution in [0.25, 0.3) is 0 Å². The summed E-state index contributed by atoms with van der Waals surface area (Å²) in [4.78, 5) is 11.2. The lowest BCUT2D eigenvalue weighted by Crippen LogP contribution is -2.16. The zero-order valence-corrected chi connectivity index (χ0v) is 10.5. The predicted molar refractivity (Wildman–Crippen MR) is 65.9 cm³/mol. The Kier molecular flexibility index (Phi) is 4.97. The van der Waals surface area contributed by atoms with E-state index < -0.39 is 0 Å². The van der Waals surface area contributed by atoms with Gasteiger partial charge in [-0.3, -0.25) is 0 Å². The molecule has 0 saturated carbocycles. The summed E-state index contributed by atoms with van der Waals surface area (Å²) < 4.78 is 10.2. The Bertz CT molecular complexity index is 388. The van der Waals surface area contributed by atoms with E-state index in [1.165, 1.54) is 0 Å². The van der Waals surface area contributed by atoms with Gasteiger partial charge >= 0.3 is 5.97 Å². The Labute approximate surface area is 102 Å². The van der Waals surface area contributed by atoms with Gasteiger partial charge in [0.25, 0.3) is 0 Å². The van der Waals surface area contributed by atoms with E-state index in [-0.39, 0.29) is 18.6 Å². The number of ether oxygens (including phenoxy) is 2. The Morgan fingerprint density at radius 3 is 2.76 bits per heavy atom. The van der Waals surface area contributed by atoms with Crippen LogP contribution in [0.2, 0.25) is 0 Å². The molecule has 1 aromatic carbocycles. The van der Waals surface area contributed by atoms with Crippen molar-refractivity contribution in [1.29, 1.82) is 0 Å². The molecule has 0 heterocycles. The van der Waals surface area contributed by atoms with Crippen molar-refractivity contribution in [3.8, 4) is 5.75 Å². The summed E-state index contributed by atoms with van der Waals surface area (Å²) in [6, 6.07) is 5.63. The number of nitrogens with two attached hydrogens (primary N) is 1. The molecule has 1 aromatic rings. The van der Waals surface area contributed by atoms with Crippen LogP contribution in [0.4, 0.5) is 0 Å². The standard InChI is InChI=1S/C13H19NO3/c1-4-16-13(15)8-17-12-7-9(2)5-6-11(12)10(3)14/h5-7,10H,4,8,14H2,1-3H3/t10-/m1/s1. The van der Waals surface area contributed by atoms with Crippen molar-refractivity contribution >= 4 is 5.97 Å². The van der Waals surface area contributed by atoms with Gasteiger partial charge in [0.1, 0.15) is 5.75 Å². The van der Waals surface area contributed by atoms with Crippen molar-refractivity contribution in [2.24, 2.45) is 5.73 Å². The number of aryl methyl sites for hydroxylation is 1. The molecular formula is C13H19NO3. The third kappa shape index (κ3) is 4.07. The van der Waals surface area contributed by atoms with Crippen molar-refractivity contribution in [1.82, 2.24) is 0 Å². The molecule has 4 heteroatoms. The summed E-state index contributed by atoms with van der Waals surface area (Å²) >= 11 is 0. The Morgan fingerprint density at radius 1 is 1.47 bits per heavy atom. The van der Waals surface area contributed by atoms with Crippen LogP contribution in [0.5, 0.6) is 5.75 Å². The van der Waals surface area contributed by atoms with Gasteiger partial charge in [-0.1, -0.05) is 12.1 Å². The first-order valence-electron chi connectivity index (χ1n) is 5.69. The molecule has 0 unspecified atom stereocenters. The van der Waals surface area contributed by atoms with E-state index in [0.717, 1.165) is 11.1 Å². The molecule has 0 aromatic heterocycles. The van der Waals surface area contributed by atoms with Crippen LogP contribution >= 0.6 is 0 Å². The number of rotatable bonds is 5. The highest BCUT2D eigenvalue weighted by Crippen LogP contribution is 2.25. The molecule has 2 N–H and O–H groups in total. The van der Waals surface area contributed by atoms with Gasteiger partial charge in [-0.05, 0) is 32.4 Å². The van der Waals surface area contributed by atoms with Gasteiger partial charge in [0, 0.05) is 11.6 Å². The minimum atomic E-state index is -0.371. The minimum absolute atomic E-state index is 0.0863. The molecule has 0 aliphatic heterocycles. The predicted octanol–water partition coefficient (Wildman–Crippen LogP) is 1.96. The van der Waals surface area contributed by atoms with Crippen LogP contribution in [0.3, 0.4) is 0 Å². The molecule has 0 bridgehead atoms. The molecule has 0 amide bonds. The van der Waals surface area contributed by atoms with Gasteiger partial charge in [-0.25, -0.2) is 4.79 Å². The van der Waals surface area contributed by atoms with Crippen molar-refractivity contribution < 1.29 is 14.3 Å². The Hall–Kier alpha value is -1.55. The zero-order valence-electron chi connectivity index (χ0n) is 10.5. The summed E-state index contributed by atoms with van der Waals surface area (Å²) in [5.74, 6) is 0.276. The number of esters is 1. The third-order valence-corrected chi connectivity index (χ3v) is 2.31. The normalized spacial score (nSPS) is 12.0. The van der Waals surface area contributed by atoms with Crippen molar-refractivity contribution in [3.05, 3.63) is 29.3 Å². The van der Waals surface area contributed by atoms with Gasteiger partial charge in [0.2, 0.25) is 0 Å². The van der Waals surface area contributed by atoms with E-state index in [4.69, 9.17) is 15.2 Å². The highest BCUT2D eigenvalue weighted by molar-refractivity contribution is 5.71. The van der Waals surface area contributed by atoms with Crippen LogP contribution in [0.15, 0.2) is 18.2 Å². The lowest BCUT2D eigenvalue weighted by Gasteiger charge is -2.14. The summed E-state index contributed by atoms with van der Waals surface area (Å²) in [7, 11) is 0. The van der Waals surface area contributed by atoms with Crippen LogP contribution in [-0.4, -0.2) is 19.2 Å². The van der Waals surface area contributed by atoms with E-state index in [9.17, 15) is 4.79 Å². The molecule has 94 valence electrons. The van der Waals surface area contributed by atoms with Crippen molar-refractivity contribution in [3.63, 3.8) is 0 Å². The third-order valence-electron chi connectivity index (χ3n) is 2.31. The van der Waals surface area contributed by atoms with Crippen molar-refractivity contribution in [2.45, 2.75) is 26.8 Å². The molecule has 1 atom stereocenters.